The molecule has 0 atom stereocenters. The van der Waals surface area contributed by atoms with Crippen molar-refractivity contribution in [3.05, 3.63) is 53.4 Å². The minimum absolute atomic E-state index is 0.183. The van der Waals surface area contributed by atoms with E-state index in [2.05, 4.69) is 9.97 Å². The lowest BCUT2D eigenvalue weighted by molar-refractivity contribution is 0.613. The van der Waals surface area contributed by atoms with Gasteiger partial charge in [0.15, 0.2) is 0 Å². The first-order chi connectivity index (χ1) is 7.79. The number of benzene rings is 1. The average molecular weight is 219 g/mol. The molecule has 0 saturated heterocycles. The Hall–Kier alpha value is -1.68. The largest absolute Gasteiger partial charge is 0.346 e. The van der Waals surface area contributed by atoms with Gasteiger partial charge < -0.3 is 10.7 Å². The zero-order valence-corrected chi connectivity index (χ0v) is 8.91. The van der Waals surface area contributed by atoms with Gasteiger partial charge in [-0.05, 0) is 18.2 Å². The van der Waals surface area contributed by atoms with Gasteiger partial charge in [0.2, 0.25) is 0 Å². The summed E-state index contributed by atoms with van der Waals surface area (Å²) in [5.41, 5.74) is 7.01. The maximum Gasteiger partial charge on any atom is 0.126 e. The highest BCUT2D eigenvalue weighted by Crippen LogP contribution is 2.11. The van der Waals surface area contributed by atoms with Gasteiger partial charge in [-0.15, -0.1) is 0 Å². The highest BCUT2D eigenvalue weighted by molar-refractivity contribution is 5.22. The summed E-state index contributed by atoms with van der Waals surface area (Å²) in [7, 11) is 0. The highest BCUT2D eigenvalue weighted by Gasteiger charge is 2.04. The van der Waals surface area contributed by atoms with Crippen molar-refractivity contribution in [2.75, 3.05) is 6.54 Å². The fourth-order valence-corrected chi connectivity index (χ4v) is 1.61. The van der Waals surface area contributed by atoms with Crippen LogP contribution in [0.5, 0.6) is 0 Å². The second-order valence-corrected chi connectivity index (χ2v) is 3.66. The number of nitrogens with two attached hydrogens (primary N) is 1. The molecule has 3 N–H and O–H groups in total. The van der Waals surface area contributed by atoms with Gasteiger partial charge in [0, 0.05) is 24.7 Å². The summed E-state index contributed by atoms with van der Waals surface area (Å²) in [6, 6.07) is 6.76. The molecule has 3 nitrogen and oxygen atoms in total. The van der Waals surface area contributed by atoms with Crippen molar-refractivity contribution < 1.29 is 4.39 Å². The Morgan fingerprint density at radius 2 is 2.12 bits per heavy atom. The Bertz CT molecular complexity index is 465. The van der Waals surface area contributed by atoms with Crippen LogP contribution >= 0.6 is 0 Å². The Labute approximate surface area is 93.5 Å². The van der Waals surface area contributed by atoms with Crippen molar-refractivity contribution in [1.29, 1.82) is 0 Å². The van der Waals surface area contributed by atoms with E-state index in [1.807, 2.05) is 6.07 Å². The van der Waals surface area contributed by atoms with Gasteiger partial charge in [-0.2, -0.15) is 0 Å². The van der Waals surface area contributed by atoms with Crippen LogP contribution in [0.1, 0.15) is 17.1 Å². The Morgan fingerprint density at radius 3 is 2.88 bits per heavy atom. The highest BCUT2D eigenvalue weighted by atomic mass is 19.1. The third-order valence-corrected chi connectivity index (χ3v) is 2.40. The van der Waals surface area contributed by atoms with E-state index in [0.717, 1.165) is 17.9 Å². The summed E-state index contributed by atoms with van der Waals surface area (Å²) in [5.74, 6) is 0.673. The van der Waals surface area contributed by atoms with Gasteiger partial charge in [0.1, 0.15) is 11.6 Å². The molecule has 4 heteroatoms. The molecule has 0 radical (unpaired) electrons. The lowest BCUT2D eigenvalue weighted by atomic mass is 10.1. The van der Waals surface area contributed by atoms with Gasteiger partial charge in [-0.1, -0.05) is 18.2 Å². The van der Waals surface area contributed by atoms with E-state index in [4.69, 9.17) is 5.73 Å². The summed E-state index contributed by atoms with van der Waals surface area (Å²) >= 11 is 0. The summed E-state index contributed by atoms with van der Waals surface area (Å²) in [4.78, 5) is 7.31. The van der Waals surface area contributed by atoms with Crippen LogP contribution in [0.25, 0.3) is 0 Å². The number of nitrogens with one attached hydrogen (secondary N) is 1. The SMILES string of the molecule is NCCc1ncc(Cc2ccccc2F)[nH]1. The Balaban J connectivity index is 2.11. The first-order valence-electron chi connectivity index (χ1n) is 5.26. The fraction of sp³-hybridized carbons (Fsp3) is 0.250. The second-order valence-electron chi connectivity index (χ2n) is 3.66. The molecule has 0 aliphatic rings. The average Bonchev–Trinajstić information content (AvgIpc) is 2.70. The van der Waals surface area contributed by atoms with Crippen LogP contribution in [0.2, 0.25) is 0 Å². The van der Waals surface area contributed by atoms with Crippen molar-refractivity contribution in [3.8, 4) is 0 Å². The van der Waals surface area contributed by atoms with Crippen molar-refractivity contribution in [2.45, 2.75) is 12.8 Å². The number of aromatic amines is 1. The van der Waals surface area contributed by atoms with E-state index in [-0.39, 0.29) is 5.82 Å². The lowest BCUT2D eigenvalue weighted by Crippen LogP contribution is -2.04. The smallest absolute Gasteiger partial charge is 0.126 e. The molecule has 2 aromatic rings. The molecule has 0 fully saturated rings. The van der Waals surface area contributed by atoms with Crippen LogP contribution in [0.4, 0.5) is 4.39 Å². The lowest BCUT2D eigenvalue weighted by Gasteiger charge is -2.00. The van der Waals surface area contributed by atoms with Crippen molar-refractivity contribution in [3.63, 3.8) is 0 Å². The molecule has 0 unspecified atom stereocenters. The van der Waals surface area contributed by atoms with E-state index in [0.29, 0.717) is 18.5 Å². The zero-order chi connectivity index (χ0) is 11.4. The van der Waals surface area contributed by atoms with Crippen LogP contribution in [-0.2, 0) is 12.8 Å². The molecule has 16 heavy (non-hydrogen) atoms. The van der Waals surface area contributed by atoms with E-state index in [9.17, 15) is 4.39 Å². The minimum Gasteiger partial charge on any atom is -0.346 e. The molecule has 0 bridgehead atoms. The van der Waals surface area contributed by atoms with Crippen LogP contribution in [-0.4, -0.2) is 16.5 Å². The summed E-state index contributed by atoms with van der Waals surface area (Å²) in [6.07, 6.45) is 2.99. The first kappa shape index (κ1) is 10.8. The van der Waals surface area contributed by atoms with Crippen molar-refractivity contribution in [1.82, 2.24) is 9.97 Å². The molecule has 84 valence electrons. The second kappa shape index (κ2) is 4.90. The van der Waals surface area contributed by atoms with E-state index < -0.39 is 0 Å². The summed E-state index contributed by atoms with van der Waals surface area (Å²) < 4.78 is 13.4. The van der Waals surface area contributed by atoms with E-state index in [1.54, 1.807) is 18.3 Å². The molecule has 0 aliphatic carbocycles. The summed E-state index contributed by atoms with van der Waals surface area (Å²) in [6.45, 7) is 0.562. The number of imidazole rings is 1. The number of aromatic nitrogens is 2. The molecule has 1 aromatic carbocycles. The fourth-order valence-electron chi connectivity index (χ4n) is 1.61. The van der Waals surface area contributed by atoms with Crippen molar-refractivity contribution >= 4 is 0 Å². The normalized spacial score (nSPS) is 10.6. The van der Waals surface area contributed by atoms with Crippen LogP contribution in [0.3, 0.4) is 0 Å². The Morgan fingerprint density at radius 1 is 1.31 bits per heavy atom. The van der Waals surface area contributed by atoms with Crippen LogP contribution in [0, 0.1) is 5.82 Å². The molecule has 2 rings (SSSR count). The number of hydrogen-bond acceptors (Lipinski definition) is 2. The molecule has 0 aliphatic heterocycles. The molecule has 0 spiro atoms. The Kier molecular flexibility index (Phi) is 3.31. The number of hydrogen-bond donors (Lipinski definition) is 2. The van der Waals surface area contributed by atoms with Crippen molar-refractivity contribution in [2.24, 2.45) is 5.73 Å². The van der Waals surface area contributed by atoms with Gasteiger partial charge >= 0.3 is 0 Å². The van der Waals surface area contributed by atoms with Crippen LogP contribution in [0.15, 0.2) is 30.5 Å². The van der Waals surface area contributed by atoms with Gasteiger partial charge in [-0.3, -0.25) is 0 Å². The van der Waals surface area contributed by atoms with Gasteiger partial charge in [-0.25, -0.2) is 9.37 Å². The topological polar surface area (TPSA) is 54.7 Å². The third kappa shape index (κ3) is 2.46. The molecule has 0 saturated carbocycles. The van der Waals surface area contributed by atoms with Crippen LogP contribution < -0.4 is 5.73 Å². The molecule has 0 amide bonds. The maximum absolute atomic E-state index is 13.4. The number of rotatable bonds is 4. The monoisotopic (exact) mass is 219 g/mol. The first-order valence-corrected chi connectivity index (χ1v) is 5.26. The quantitative estimate of drug-likeness (QED) is 0.821. The number of nitrogens with zero attached hydrogens (tertiary/aromatic N) is 1. The van der Waals surface area contributed by atoms with E-state index in [1.165, 1.54) is 6.07 Å². The molecular formula is C12H14FN3. The standard InChI is InChI=1S/C12H14FN3/c13-11-4-2-1-3-9(11)7-10-8-15-12(16-10)5-6-14/h1-4,8H,5-7,14H2,(H,15,16). The third-order valence-electron chi connectivity index (χ3n) is 2.40. The molecule has 1 aromatic heterocycles. The minimum atomic E-state index is -0.183. The molecule has 1 heterocycles. The zero-order valence-electron chi connectivity index (χ0n) is 8.91. The number of H-pyrrole nitrogens is 1. The van der Waals surface area contributed by atoms with E-state index >= 15 is 0 Å². The predicted molar refractivity (Wildman–Crippen MR) is 60.6 cm³/mol. The predicted octanol–water partition coefficient (Wildman–Crippen LogP) is 1.64. The van der Waals surface area contributed by atoms with Gasteiger partial charge in [0.25, 0.3) is 0 Å². The summed E-state index contributed by atoms with van der Waals surface area (Å²) in [5, 5.41) is 0. The maximum atomic E-state index is 13.4. The number of halogens is 1. The van der Waals surface area contributed by atoms with Gasteiger partial charge in [0.05, 0.1) is 0 Å². The molecular weight excluding hydrogens is 205 g/mol.